The first kappa shape index (κ1) is 18.9. The molecule has 1 amide bonds. The van der Waals surface area contributed by atoms with Crippen molar-refractivity contribution in [3.8, 4) is 0 Å². The van der Waals surface area contributed by atoms with Gasteiger partial charge in [0.15, 0.2) is 0 Å². The minimum Gasteiger partial charge on any atom is -0.380 e. The zero-order valence-corrected chi connectivity index (χ0v) is 13.1. The highest BCUT2D eigenvalue weighted by Crippen LogP contribution is 2.16. The Bertz CT molecular complexity index is 369. The fraction of sp³-hybridized carbons (Fsp3) is 0.533. The molecular formula is C15H25ClN2O2. The third-order valence-corrected chi connectivity index (χ3v) is 3.10. The second-order valence-electron chi connectivity index (χ2n) is 4.53. The lowest BCUT2D eigenvalue weighted by Gasteiger charge is -2.24. The van der Waals surface area contributed by atoms with E-state index in [4.69, 9.17) is 10.5 Å². The molecule has 1 aromatic carbocycles. The second kappa shape index (κ2) is 10.7. The molecule has 0 aliphatic heterocycles. The molecule has 0 aromatic heterocycles. The Labute approximate surface area is 127 Å². The number of benzene rings is 1. The van der Waals surface area contributed by atoms with E-state index >= 15 is 0 Å². The van der Waals surface area contributed by atoms with Gasteiger partial charge < -0.3 is 15.4 Å². The van der Waals surface area contributed by atoms with Crippen molar-refractivity contribution in [3.05, 3.63) is 30.3 Å². The number of ether oxygens (including phenoxy) is 1. The Morgan fingerprint density at radius 2 is 2.00 bits per heavy atom. The third-order valence-electron chi connectivity index (χ3n) is 3.10. The molecule has 0 heterocycles. The molecule has 0 bridgehead atoms. The van der Waals surface area contributed by atoms with Gasteiger partial charge in [0.05, 0.1) is 12.5 Å². The maximum atomic E-state index is 12.4. The fourth-order valence-electron chi connectivity index (χ4n) is 1.89. The van der Waals surface area contributed by atoms with E-state index in [1.54, 1.807) is 7.11 Å². The number of nitrogens with zero attached hydrogens (tertiary/aromatic N) is 1. The number of rotatable bonds is 8. The van der Waals surface area contributed by atoms with Gasteiger partial charge in [-0.05, 0) is 18.6 Å². The molecule has 0 saturated carbocycles. The van der Waals surface area contributed by atoms with Crippen LogP contribution in [0.2, 0.25) is 0 Å². The summed E-state index contributed by atoms with van der Waals surface area (Å²) in [5, 5.41) is 0. The van der Waals surface area contributed by atoms with Crippen LogP contribution in [0.5, 0.6) is 0 Å². The number of methoxy groups -OCH3 is 1. The van der Waals surface area contributed by atoms with E-state index in [1.165, 1.54) is 0 Å². The molecule has 20 heavy (non-hydrogen) atoms. The highest BCUT2D eigenvalue weighted by atomic mass is 35.5. The SMILES string of the molecule is CCCCN(C(=O)CC(CN)OC)c1ccccc1.Cl. The van der Waals surface area contributed by atoms with Gasteiger partial charge in [-0.2, -0.15) is 0 Å². The van der Waals surface area contributed by atoms with Gasteiger partial charge in [0.2, 0.25) is 5.91 Å². The summed E-state index contributed by atoms with van der Waals surface area (Å²) in [5.74, 6) is 0.0666. The molecule has 5 heteroatoms. The molecule has 0 spiro atoms. The monoisotopic (exact) mass is 300 g/mol. The second-order valence-corrected chi connectivity index (χ2v) is 4.53. The van der Waals surface area contributed by atoms with Crippen molar-refractivity contribution in [2.75, 3.05) is 25.1 Å². The number of halogens is 1. The van der Waals surface area contributed by atoms with Gasteiger partial charge in [-0.15, -0.1) is 12.4 Å². The standard InChI is InChI=1S/C15H24N2O2.ClH/c1-3-4-10-17(13-8-6-5-7-9-13)15(18)11-14(12-16)19-2;/h5-9,14H,3-4,10-12,16H2,1-2H3;1H. The van der Waals surface area contributed by atoms with Gasteiger partial charge in [-0.25, -0.2) is 0 Å². The number of amides is 1. The average Bonchev–Trinajstić information content (AvgIpc) is 2.46. The summed E-state index contributed by atoms with van der Waals surface area (Å²) in [4.78, 5) is 14.2. The van der Waals surface area contributed by atoms with Crippen molar-refractivity contribution < 1.29 is 9.53 Å². The lowest BCUT2D eigenvalue weighted by Crippen LogP contribution is -2.36. The van der Waals surface area contributed by atoms with Crippen LogP contribution in [0.1, 0.15) is 26.2 Å². The summed E-state index contributed by atoms with van der Waals surface area (Å²) in [6, 6.07) is 9.75. The predicted octanol–water partition coefficient (Wildman–Crippen LogP) is 2.61. The van der Waals surface area contributed by atoms with Gasteiger partial charge in [-0.1, -0.05) is 31.5 Å². The quantitative estimate of drug-likeness (QED) is 0.803. The highest BCUT2D eigenvalue weighted by Gasteiger charge is 2.19. The maximum Gasteiger partial charge on any atom is 0.229 e. The molecule has 0 aliphatic carbocycles. The van der Waals surface area contributed by atoms with Gasteiger partial charge in [-0.3, -0.25) is 4.79 Å². The van der Waals surface area contributed by atoms with Crippen LogP contribution in [0.4, 0.5) is 5.69 Å². The summed E-state index contributed by atoms with van der Waals surface area (Å²) in [5.41, 5.74) is 6.51. The molecule has 114 valence electrons. The minimum atomic E-state index is -0.208. The van der Waals surface area contributed by atoms with E-state index in [0.29, 0.717) is 13.0 Å². The topological polar surface area (TPSA) is 55.6 Å². The smallest absolute Gasteiger partial charge is 0.229 e. The summed E-state index contributed by atoms with van der Waals surface area (Å²) >= 11 is 0. The lowest BCUT2D eigenvalue weighted by atomic mass is 10.2. The van der Waals surface area contributed by atoms with Crippen molar-refractivity contribution in [1.29, 1.82) is 0 Å². The average molecular weight is 301 g/mol. The van der Waals surface area contributed by atoms with Crippen molar-refractivity contribution in [2.24, 2.45) is 5.73 Å². The Kier molecular flexibility index (Phi) is 10.1. The first-order chi connectivity index (χ1) is 9.22. The Morgan fingerprint density at radius 3 is 2.50 bits per heavy atom. The molecule has 1 unspecified atom stereocenters. The number of carbonyl (C=O) groups excluding carboxylic acids is 1. The predicted molar refractivity (Wildman–Crippen MR) is 85.4 cm³/mol. The van der Waals surface area contributed by atoms with Crippen LogP contribution < -0.4 is 10.6 Å². The highest BCUT2D eigenvalue weighted by molar-refractivity contribution is 5.93. The fourth-order valence-corrected chi connectivity index (χ4v) is 1.89. The molecule has 1 atom stereocenters. The lowest BCUT2D eigenvalue weighted by molar-refractivity contribution is -0.120. The van der Waals surface area contributed by atoms with Crippen LogP contribution in [0, 0.1) is 0 Å². The first-order valence-electron chi connectivity index (χ1n) is 6.81. The Balaban J connectivity index is 0.00000361. The zero-order chi connectivity index (χ0) is 14.1. The van der Waals surface area contributed by atoms with Crippen molar-refractivity contribution in [1.82, 2.24) is 0 Å². The number of hydrogen-bond donors (Lipinski definition) is 1. The largest absolute Gasteiger partial charge is 0.380 e. The Hall–Kier alpha value is -1.10. The van der Waals surface area contributed by atoms with Gasteiger partial charge in [0.25, 0.3) is 0 Å². The molecule has 0 saturated heterocycles. The maximum absolute atomic E-state index is 12.4. The van der Waals surface area contributed by atoms with Crippen molar-refractivity contribution >= 4 is 24.0 Å². The van der Waals surface area contributed by atoms with Crippen molar-refractivity contribution in [2.45, 2.75) is 32.3 Å². The Morgan fingerprint density at radius 1 is 1.35 bits per heavy atom. The number of anilines is 1. The van der Waals surface area contributed by atoms with Gasteiger partial charge in [0, 0.05) is 25.9 Å². The van der Waals surface area contributed by atoms with Crippen molar-refractivity contribution in [3.63, 3.8) is 0 Å². The van der Waals surface area contributed by atoms with E-state index < -0.39 is 0 Å². The number of unbranched alkanes of at least 4 members (excludes halogenated alkanes) is 1. The van der Waals surface area contributed by atoms with E-state index in [2.05, 4.69) is 6.92 Å². The van der Waals surface area contributed by atoms with Gasteiger partial charge >= 0.3 is 0 Å². The molecule has 0 fully saturated rings. The third kappa shape index (κ3) is 5.90. The first-order valence-corrected chi connectivity index (χ1v) is 6.81. The molecule has 2 N–H and O–H groups in total. The number of nitrogens with two attached hydrogens (primary N) is 1. The summed E-state index contributed by atoms with van der Waals surface area (Å²) < 4.78 is 5.19. The van der Waals surface area contributed by atoms with E-state index in [-0.39, 0.29) is 24.4 Å². The molecule has 4 nitrogen and oxygen atoms in total. The summed E-state index contributed by atoms with van der Waals surface area (Å²) in [6.07, 6.45) is 2.16. The molecule has 1 rings (SSSR count). The number of carbonyl (C=O) groups is 1. The van der Waals surface area contributed by atoms with Crippen LogP contribution in [-0.2, 0) is 9.53 Å². The van der Waals surface area contributed by atoms with E-state index in [0.717, 1.165) is 25.1 Å². The van der Waals surface area contributed by atoms with E-state index in [1.807, 2.05) is 35.2 Å². The minimum absolute atomic E-state index is 0. The number of hydrogen-bond acceptors (Lipinski definition) is 3. The summed E-state index contributed by atoms with van der Waals surface area (Å²) in [7, 11) is 1.59. The van der Waals surface area contributed by atoms with Crippen LogP contribution in [0.3, 0.4) is 0 Å². The summed E-state index contributed by atoms with van der Waals surface area (Å²) in [6.45, 7) is 3.21. The zero-order valence-electron chi connectivity index (χ0n) is 12.2. The number of para-hydroxylation sites is 1. The van der Waals surface area contributed by atoms with Crippen LogP contribution in [0.25, 0.3) is 0 Å². The normalized spacial score (nSPS) is 11.6. The molecule has 0 aliphatic rings. The van der Waals surface area contributed by atoms with Crippen LogP contribution in [0.15, 0.2) is 30.3 Å². The van der Waals surface area contributed by atoms with E-state index in [9.17, 15) is 4.79 Å². The molecule has 0 radical (unpaired) electrons. The van der Waals surface area contributed by atoms with Crippen LogP contribution >= 0.6 is 12.4 Å². The molecule has 1 aromatic rings. The molecular weight excluding hydrogens is 276 g/mol. The van der Waals surface area contributed by atoms with Crippen LogP contribution in [-0.4, -0.2) is 32.2 Å². The van der Waals surface area contributed by atoms with Gasteiger partial charge in [0.1, 0.15) is 0 Å².